The molecule has 3 nitrogen and oxygen atoms in total. The molecule has 1 aromatic carbocycles. The zero-order valence-electron chi connectivity index (χ0n) is 12.7. The first-order valence-electron chi connectivity index (χ1n) is 7.84. The largest absolute Gasteiger partial charge is 0.339 e. The van der Waals surface area contributed by atoms with E-state index in [1.54, 1.807) is 0 Å². The van der Waals surface area contributed by atoms with Crippen LogP contribution in [0, 0.1) is 5.92 Å². The quantitative estimate of drug-likeness (QED) is 0.926. The molecule has 1 heterocycles. The van der Waals surface area contributed by atoms with Gasteiger partial charge >= 0.3 is 0 Å². The van der Waals surface area contributed by atoms with Gasteiger partial charge in [0.05, 0.1) is 0 Å². The predicted molar refractivity (Wildman–Crippen MR) is 87.9 cm³/mol. The van der Waals surface area contributed by atoms with Crippen LogP contribution >= 0.6 is 12.4 Å². The van der Waals surface area contributed by atoms with Crippen LogP contribution < -0.4 is 5.32 Å². The zero-order chi connectivity index (χ0) is 13.9. The molecule has 0 bridgehead atoms. The molecule has 21 heavy (non-hydrogen) atoms. The normalized spacial score (nSPS) is 19.2. The number of nitrogens with zero attached hydrogens (tertiary/aromatic N) is 1. The molecule has 0 unspecified atom stereocenters. The summed E-state index contributed by atoms with van der Waals surface area (Å²) in [5.74, 6) is 0.952. The highest BCUT2D eigenvalue weighted by molar-refractivity contribution is 5.94. The average Bonchev–Trinajstić information content (AvgIpc) is 3.30. The average molecular weight is 309 g/mol. The van der Waals surface area contributed by atoms with Gasteiger partial charge in [-0.05, 0) is 49.3 Å². The lowest BCUT2D eigenvalue weighted by molar-refractivity contribution is 0.0697. The highest BCUT2D eigenvalue weighted by Crippen LogP contribution is 2.20. The van der Waals surface area contributed by atoms with Crippen molar-refractivity contribution in [2.24, 2.45) is 5.92 Å². The minimum absolute atomic E-state index is 0. The topological polar surface area (TPSA) is 32.3 Å². The standard InChI is InChI=1S/C17H24N2O.ClH/c1-13-8-10-19(11-9-13)17(20)15-4-2-14(3-5-15)12-18-16-6-7-16;/h2-5,13,16,18H,6-12H2,1H3;1H. The summed E-state index contributed by atoms with van der Waals surface area (Å²) in [4.78, 5) is 14.4. The van der Waals surface area contributed by atoms with Gasteiger partial charge in [0, 0.05) is 31.2 Å². The van der Waals surface area contributed by atoms with Crippen molar-refractivity contribution in [3.63, 3.8) is 0 Å². The summed E-state index contributed by atoms with van der Waals surface area (Å²) in [5, 5.41) is 3.49. The molecule has 0 aromatic heterocycles. The lowest BCUT2D eigenvalue weighted by Crippen LogP contribution is -2.37. The Morgan fingerprint density at radius 1 is 1.14 bits per heavy atom. The molecular formula is C17H25ClN2O. The molecule has 0 atom stereocenters. The molecule has 1 aromatic rings. The van der Waals surface area contributed by atoms with Crippen molar-refractivity contribution in [3.05, 3.63) is 35.4 Å². The first kappa shape index (κ1) is 16.3. The Labute approximate surface area is 133 Å². The summed E-state index contributed by atoms with van der Waals surface area (Å²) < 4.78 is 0. The third-order valence-corrected chi connectivity index (χ3v) is 4.44. The van der Waals surface area contributed by atoms with Gasteiger partial charge in [-0.3, -0.25) is 4.79 Å². The van der Waals surface area contributed by atoms with Crippen LogP contribution in [0.25, 0.3) is 0 Å². The van der Waals surface area contributed by atoms with E-state index in [1.807, 2.05) is 17.0 Å². The van der Waals surface area contributed by atoms with Crippen molar-refractivity contribution in [3.8, 4) is 0 Å². The number of nitrogens with one attached hydrogen (secondary N) is 1. The lowest BCUT2D eigenvalue weighted by atomic mass is 9.98. The molecule has 2 fully saturated rings. The predicted octanol–water partition coefficient (Wildman–Crippen LogP) is 3.23. The van der Waals surface area contributed by atoms with E-state index in [-0.39, 0.29) is 18.3 Å². The Balaban J connectivity index is 0.00000161. The van der Waals surface area contributed by atoms with E-state index in [9.17, 15) is 4.79 Å². The van der Waals surface area contributed by atoms with Crippen LogP contribution in [0.1, 0.15) is 48.5 Å². The zero-order valence-corrected chi connectivity index (χ0v) is 13.5. The number of carbonyl (C=O) groups is 1. The monoisotopic (exact) mass is 308 g/mol. The lowest BCUT2D eigenvalue weighted by Gasteiger charge is -2.30. The number of hydrogen-bond donors (Lipinski definition) is 1. The van der Waals surface area contributed by atoms with Gasteiger partial charge in [0.2, 0.25) is 0 Å². The number of likely N-dealkylation sites (tertiary alicyclic amines) is 1. The van der Waals surface area contributed by atoms with Crippen LogP contribution in [-0.2, 0) is 6.54 Å². The first-order valence-corrected chi connectivity index (χ1v) is 7.84. The van der Waals surface area contributed by atoms with Crippen molar-refractivity contribution < 1.29 is 4.79 Å². The summed E-state index contributed by atoms with van der Waals surface area (Å²) in [6.07, 6.45) is 4.89. The summed E-state index contributed by atoms with van der Waals surface area (Å²) in [7, 11) is 0. The third kappa shape index (κ3) is 4.45. The number of benzene rings is 1. The SMILES string of the molecule is CC1CCN(C(=O)c2ccc(CNC3CC3)cc2)CC1.Cl. The molecule has 1 aliphatic heterocycles. The minimum atomic E-state index is 0. The molecule has 1 saturated carbocycles. The van der Waals surface area contributed by atoms with Gasteiger partial charge in [-0.2, -0.15) is 0 Å². The van der Waals surface area contributed by atoms with Gasteiger partial charge in [-0.15, -0.1) is 12.4 Å². The summed E-state index contributed by atoms with van der Waals surface area (Å²) in [6, 6.07) is 8.84. The minimum Gasteiger partial charge on any atom is -0.339 e. The Morgan fingerprint density at radius 2 is 1.76 bits per heavy atom. The van der Waals surface area contributed by atoms with Crippen LogP contribution in [0.2, 0.25) is 0 Å². The van der Waals surface area contributed by atoms with Gasteiger partial charge in [-0.25, -0.2) is 0 Å². The highest BCUT2D eigenvalue weighted by Gasteiger charge is 2.22. The number of amides is 1. The fraction of sp³-hybridized carbons (Fsp3) is 0.588. The number of halogens is 1. The van der Waals surface area contributed by atoms with Gasteiger partial charge < -0.3 is 10.2 Å². The van der Waals surface area contributed by atoms with E-state index in [1.165, 1.54) is 18.4 Å². The second-order valence-electron chi connectivity index (χ2n) is 6.33. The van der Waals surface area contributed by atoms with Crippen LogP contribution in [0.3, 0.4) is 0 Å². The molecule has 2 aliphatic rings. The van der Waals surface area contributed by atoms with Crippen molar-refractivity contribution in [2.75, 3.05) is 13.1 Å². The third-order valence-electron chi connectivity index (χ3n) is 4.44. The van der Waals surface area contributed by atoms with Crippen molar-refractivity contribution in [2.45, 2.75) is 45.2 Å². The smallest absolute Gasteiger partial charge is 0.253 e. The molecule has 3 rings (SSSR count). The molecule has 1 saturated heterocycles. The van der Waals surface area contributed by atoms with Crippen molar-refractivity contribution in [1.29, 1.82) is 0 Å². The van der Waals surface area contributed by atoms with Crippen LogP contribution in [0.15, 0.2) is 24.3 Å². The van der Waals surface area contributed by atoms with Gasteiger partial charge in [0.15, 0.2) is 0 Å². The van der Waals surface area contributed by atoms with E-state index in [0.717, 1.165) is 50.0 Å². The Bertz CT molecular complexity index is 462. The fourth-order valence-electron chi connectivity index (χ4n) is 2.71. The van der Waals surface area contributed by atoms with E-state index < -0.39 is 0 Å². The van der Waals surface area contributed by atoms with Crippen molar-refractivity contribution >= 4 is 18.3 Å². The fourth-order valence-corrected chi connectivity index (χ4v) is 2.71. The molecule has 1 aliphatic carbocycles. The Morgan fingerprint density at radius 3 is 2.33 bits per heavy atom. The Hall–Kier alpha value is -1.06. The van der Waals surface area contributed by atoms with Crippen molar-refractivity contribution in [1.82, 2.24) is 10.2 Å². The van der Waals surface area contributed by atoms with Crippen LogP contribution in [0.5, 0.6) is 0 Å². The molecule has 0 spiro atoms. The van der Waals surface area contributed by atoms with Gasteiger partial charge in [0.25, 0.3) is 5.91 Å². The molecule has 1 amide bonds. The maximum atomic E-state index is 12.4. The number of hydrogen-bond acceptors (Lipinski definition) is 2. The summed E-state index contributed by atoms with van der Waals surface area (Å²) >= 11 is 0. The molecule has 1 N–H and O–H groups in total. The maximum absolute atomic E-state index is 12.4. The van der Waals surface area contributed by atoms with E-state index in [0.29, 0.717) is 0 Å². The van der Waals surface area contributed by atoms with Gasteiger partial charge in [-0.1, -0.05) is 19.1 Å². The molecule has 0 radical (unpaired) electrons. The maximum Gasteiger partial charge on any atom is 0.253 e. The van der Waals surface area contributed by atoms with Crippen LogP contribution in [0.4, 0.5) is 0 Å². The first-order chi connectivity index (χ1) is 9.72. The molecular weight excluding hydrogens is 284 g/mol. The molecule has 4 heteroatoms. The number of rotatable bonds is 4. The summed E-state index contributed by atoms with van der Waals surface area (Å²) in [5.41, 5.74) is 2.09. The molecule has 116 valence electrons. The summed E-state index contributed by atoms with van der Waals surface area (Å²) in [6.45, 7) is 5.00. The second kappa shape index (κ2) is 7.28. The van der Waals surface area contributed by atoms with Crippen LogP contribution in [-0.4, -0.2) is 29.9 Å². The Kier molecular flexibility index (Phi) is 5.65. The number of piperidine rings is 1. The van der Waals surface area contributed by atoms with Gasteiger partial charge in [0.1, 0.15) is 0 Å². The van der Waals surface area contributed by atoms with E-state index in [2.05, 4.69) is 24.4 Å². The highest BCUT2D eigenvalue weighted by atomic mass is 35.5. The van der Waals surface area contributed by atoms with E-state index >= 15 is 0 Å². The second-order valence-corrected chi connectivity index (χ2v) is 6.33. The number of carbonyl (C=O) groups excluding carboxylic acids is 1. The van der Waals surface area contributed by atoms with E-state index in [4.69, 9.17) is 0 Å².